The summed E-state index contributed by atoms with van der Waals surface area (Å²) >= 11 is 0. The number of hydrogen-bond acceptors (Lipinski definition) is 2. The third-order valence-electron chi connectivity index (χ3n) is 3.15. The molecule has 0 radical (unpaired) electrons. The lowest BCUT2D eigenvalue weighted by Gasteiger charge is -2.32. The van der Waals surface area contributed by atoms with Crippen LogP contribution in [0.4, 0.5) is 8.78 Å². The second-order valence-corrected chi connectivity index (χ2v) is 4.42. The summed E-state index contributed by atoms with van der Waals surface area (Å²) in [6.07, 6.45) is 0.729. The van der Waals surface area contributed by atoms with Gasteiger partial charge >= 0.3 is 0 Å². The van der Waals surface area contributed by atoms with Crippen LogP contribution in [0.3, 0.4) is 0 Å². The molecule has 0 aromatic heterocycles. The number of nitrogens with zero attached hydrogens (tertiary/aromatic N) is 1. The Hall–Kier alpha value is -1.49. The first-order valence-electron chi connectivity index (χ1n) is 6.08. The van der Waals surface area contributed by atoms with Gasteiger partial charge in [0.25, 0.3) is 0 Å². The lowest BCUT2D eigenvalue weighted by molar-refractivity contribution is -0.136. The largest absolute Gasteiger partial charge is 0.336 e. The van der Waals surface area contributed by atoms with Crippen LogP contribution in [0.5, 0.6) is 0 Å². The van der Waals surface area contributed by atoms with Crippen molar-refractivity contribution < 1.29 is 13.6 Å². The summed E-state index contributed by atoms with van der Waals surface area (Å²) in [6.45, 7) is 3.59. The minimum atomic E-state index is -0.873. The van der Waals surface area contributed by atoms with Crippen molar-refractivity contribution in [2.75, 3.05) is 13.1 Å². The standard InChI is InChI=1S/C13H16F2N2O/c1-2-12-13(18)17(6-5-16-12)8-9-3-4-10(14)11(15)7-9/h3-4,7,12,16H,2,5-6,8H2,1H3. The fourth-order valence-electron chi connectivity index (χ4n) is 2.13. The molecule has 1 atom stereocenters. The van der Waals surface area contributed by atoms with E-state index in [-0.39, 0.29) is 11.9 Å². The fraction of sp³-hybridized carbons (Fsp3) is 0.462. The van der Waals surface area contributed by atoms with Crippen LogP contribution in [0, 0.1) is 11.6 Å². The van der Waals surface area contributed by atoms with Crippen LogP contribution in [-0.2, 0) is 11.3 Å². The van der Waals surface area contributed by atoms with Crippen molar-refractivity contribution in [1.29, 1.82) is 0 Å². The Labute approximate surface area is 105 Å². The molecule has 0 aliphatic carbocycles. The number of carbonyl (C=O) groups is 1. The highest BCUT2D eigenvalue weighted by molar-refractivity contribution is 5.82. The van der Waals surface area contributed by atoms with E-state index in [1.54, 1.807) is 4.90 Å². The molecule has 1 fully saturated rings. The topological polar surface area (TPSA) is 32.3 Å². The van der Waals surface area contributed by atoms with E-state index in [1.807, 2.05) is 6.92 Å². The van der Waals surface area contributed by atoms with E-state index in [4.69, 9.17) is 0 Å². The Morgan fingerprint density at radius 1 is 1.39 bits per heavy atom. The molecule has 1 aliphatic rings. The van der Waals surface area contributed by atoms with Crippen LogP contribution in [0.2, 0.25) is 0 Å². The summed E-state index contributed by atoms with van der Waals surface area (Å²) in [4.78, 5) is 13.7. The number of carbonyl (C=O) groups excluding carboxylic acids is 1. The van der Waals surface area contributed by atoms with Gasteiger partial charge in [-0.3, -0.25) is 4.79 Å². The molecule has 1 N–H and O–H groups in total. The van der Waals surface area contributed by atoms with Gasteiger partial charge in [-0.2, -0.15) is 0 Å². The molecule has 0 spiro atoms. The monoisotopic (exact) mass is 254 g/mol. The Balaban J connectivity index is 2.08. The number of hydrogen-bond donors (Lipinski definition) is 1. The summed E-state index contributed by atoms with van der Waals surface area (Å²) in [5.41, 5.74) is 0.610. The molecule has 18 heavy (non-hydrogen) atoms. The second-order valence-electron chi connectivity index (χ2n) is 4.42. The number of halogens is 2. The van der Waals surface area contributed by atoms with Crippen molar-refractivity contribution in [3.05, 3.63) is 35.4 Å². The minimum Gasteiger partial charge on any atom is -0.336 e. The third-order valence-corrected chi connectivity index (χ3v) is 3.15. The summed E-state index contributed by atoms with van der Waals surface area (Å²) < 4.78 is 25.9. The summed E-state index contributed by atoms with van der Waals surface area (Å²) in [5.74, 6) is -1.72. The van der Waals surface area contributed by atoms with Crippen molar-refractivity contribution in [1.82, 2.24) is 10.2 Å². The van der Waals surface area contributed by atoms with E-state index in [0.29, 0.717) is 18.7 Å². The lowest BCUT2D eigenvalue weighted by atomic mass is 10.1. The summed E-state index contributed by atoms with van der Waals surface area (Å²) in [7, 11) is 0. The highest BCUT2D eigenvalue weighted by atomic mass is 19.2. The third kappa shape index (κ3) is 2.67. The van der Waals surface area contributed by atoms with Gasteiger partial charge in [-0.15, -0.1) is 0 Å². The van der Waals surface area contributed by atoms with Gasteiger partial charge in [0.05, 0.1) is 6.04 Å². The maximum atomic E-state index is 13.1. The van der Waals surface area contributed by atoms with Crippen LogP contribution in [0.25, 0.3) is 0 Å². The molecule has 2 rings (SSSR count). The van der Waals surface area contributed by atoms with E-state index in [9.17, 15) is 13.6 Å². The first-order valence-corrected chi connectivity index (χ1v) is 6.08. The minimum absolute atomic E-state index is 0.0217. The summed E-state index contributed by atoms with van der Waals surface area (Å²) in [6, 6.07) is 3.58. The zero-order valence-electron chi connectivity index (χ0n) is 10.2. The van der Waals surface area contributed by atoms with E-state index < -0.39 is 11.6 Å². The second kappa shape index (κ2) is 5.44. The number of rotatable bonds is 3. The molecule has 1 aromatic rings. The smallest absolute Gasteiger partial charge is 0.240 e. The first kappa shape index (κ1) is 13.0. The van der Waals surface area contributed by atoms with Crippen LogP contribution in [-0.4, -0.2) is 29.9 Å². The van der Waals surface area contributed by atoms with Gasteiger partial charge in [0, 0.05) is 19.6 Å². The van der Waals surface area contributed by atoms with Crippen LogP contribution in [0.15, 0.2) is 18.2 Å². The number of nitrogens with one attached hydrogen (secondary N) is 1. The van der Waals surface area contributed by atoms with Crippen molar-refractivity contribution >= 4 is 5.91 Å². The van der Waals surface area contributed by atoms with Gasteiger partial charge in [-0.05, 0) is 24.1 Å². The highest BCUT2D eigenvalue weighted by Gasteiger charge is 2.26. The Bertz CT molecular complexity index is 451. The maximum absolute atomic E-state index is 13.1. The van der Waals surface area contributed by atoms with Crippen molar-refractivity contribution in [2.24, 2.45) is 0 Å². The molecular formula is C13H16F2N2O. The van der Waals surface area contributed by atoms with Crippen LogP contribution < -0.4 is 5.32 Å². The SMILES string of the molecule is CCC1NCCN(Cc2ccc(F)c(F)c2)C1=O. The first-order chi connectivity index (χ1) is 8.61. The molecule has 1 amide bonds. The fourth-order valence-corrected chi connectivity index (χ4v) is 2.13. The quantitative estimate of drug-likeness (QED) is 0.890. The van der Waals surface area contributed by atoms with Gasteiger partial charge in [0.1, 0.15) is 0 Å². The van der Waals surface area contributed by atoms with Gasteiger partial charge in [0.2, 0.25) is 5.91 Å². The summed E-state index contributed by atoms with van der Waals surface area (Å²) in [5, 5.41) is 3.13. The number of amides is 1. The molecule has 1 aromatic carbocycles. The Morgan fingerprint density at radius 2 is 2.17 bits per heavy atom. The van der Waals surface area contributed by atoms with Crippen molar-refractivity contribution in [3.63, 3.8) is 0 Å². The van der Waals surface area contributed by atoms with Gasteiger partial charge in [0.15, 0.2) is 11.6 Å². The molecule has 1 heterocycles. The molecule has 0 bridgehead atoms. The normalized spacial score (nSPS) is 20.3. The molecule has 3 nitrogen and oxygen atoms in total. The van der Waals surface area contributed by atoms with E-state index in [0.717, 1.165) is 25.1 Å². The van der Waals surface area contributed by atoms with Crippen LogP contribution in [0.1, 0.15) is 18.9 Å². The molecule has 0 saturated carbocycles. The Kier molecular flexibility index (Phi) is 3.91. The van der Waals surface area contributed by atoms with E-state index in [1.165, 1.54) is 6.07 Å². The van der Waals surface area contributed by atoms with Gasteiger partial charge < -0.3 is 10.2 Å². The van der Waals surface area contributed by atoms with Crippen molar-refractivity contribution in [2.45, 2.75) is 25.9 Å². The van der Waals surface area contributed by atoms with E-state index in [2.05, 4.69) is 5.32 Å². The van der Waals surface area contributed by atoms with Gasteiger partial charge in [-0.25, -0.2) is 8.78 Å². The average Bonchev–Trinajstić information content (AvgIpc) is 2.36. The predicted molar refractivity (Wildman–Crippen MR) is 63.9 cm³/mol. The molecule has 1 aliphatic heterocycles. The highest BCUT2D eigenvalue weighted by Crippen LogP contribution is 2.13. The molecule has 98 valence electrons. The molecule has 1 unspecified atom stereocenters. The number of benzene rings is 1. The predicted octanol–water partition coefficient (Wildman–Crippen LogP) is 1.68. The number of piperazine rings is 1. The average molecular weight is 254 g/mol. The maximum Gasteiger partial charge on any atom is 0.240 e. The lowest BCUT2D eigenvalue weighted by Crippen LogP contribution is -2.54. The van der Waals surface area contributed by atoms with Crippen molar-refractivity contribution in [3.8, 4) is 0 Å². The molecular weight excluding hydrogens is 238 g/mol. The zero-order chi connectivity index (χ0) is 13.1. The molecule has 5 heteroatoms. The molecule has 1 saturated heterocycles. The van der Waals surface area contributed by atoms with Gasteiger partial charge in [-0.1, -0.05) is 13.0 Å². The zero-order valence-corrected chi connectivity index (χ0v) is 10.2. The Morgan fingerprint density at radius 3 is 2.83 bits per heavy atom. The van der Waals surface area contributed by atoms with Crippen LogP contribution >= 0.6 is 0 Å². The van der Waals surface area contributed by atoms with E-state index >= 15 is 0 Å².